The van der Waals surface area contributed by atoms with Gasteiger partial charge >= 0.3 is 0 Å². The number of benzene rings is 1. The minimum atomic E-state index is 0.542. The summed E-state index contributed by atoms with van der Waals surface area (Å²) in [6.45, 7) is 0. The molecule has 38 heavy (non-hydrogen) atoms. The largest absolute Gasteiger partial charge is 0.0622 e. The first-order chi connectivity index (χ1) is 18.8. The maximum absolute atomic E-state index is 2.54. The fourth-order valence-electron chi connectivity index (χ4n) is 12.1. The fraction of sp³-hybridized carbons (Fsp3) is 0.842. The average Bonchev–Trinajstić information content (AvgIpc) is 3.00. The Morgan fingerprint density at radius 3 is 1.63 bits per heavy atom. The lowest BCUT2D eigenvalue weighted by Crippen LogP contribution is -2.61. The highest BCUT2D eigenvalue weighted by molar-refractivity contribution is 5.22. The SMILES string of the molecule is c1ccc(CC2(CC3CCCCC3)C(C3CCCCC3)CCCC2(C2CCCCC2)C2CCCCC2)cc1. The maximum Gasteiger partial charge on any atom is -0.0162 e. The van der Waals surface area contributed by atoms with Crippen molar-refractivity contribution < 1.29 is 0 Å². The van der Waals surface area contributed by atoms with Gasteiger partial charge in [0.2, 0.25) is 0 Å². The van der Waals surface area contributed by atoms with Crippen LogP contribution in [0.3, 0.4) is 0 Å². The van der Waals surface area contributed by atoms with Gasteiger partial charge in [-0.25, -0.2) is 0 Å². The molecule has 0 N–H and O–H groups in total. The molecular formula is C38H60. The summed E-state index contributed by atoms with van der Waals surface area (Å²) in [5.74, 6) is 5.03. The van der Waals surface area contributed by atoms with Gasteiger partial charge in [0.25, 0.3) is 0 Å². The topological polar surface area (TPSA) is 0 Å². The molecule has 212 valence electrons. The van der Waals surface area contributed by atoms with Crippen LogP contribution in [0.15, 0.2) is 30.3 Å². The standard InChI is InChI=1S/C38H60/c1-6-17-31(18-7-1)29-37(30-32-19-8-2-9-20-32)36(33-21-10-3-11-22-33)27-16-28-38(37,34-23-12-4-13-24-34)35-25-14-5-15-26-35/h1,6-7,17-18,32-36H,2-5,8-16,19-30H2. The molecule has 0 bridgehead atoms. The second kappa shape index (κ2) is 12.8. The van der Waals surface area contributed by atoms with E-state index in [1.54, 1.807) is 82.6 Å². The molecule has 1 aromatic carbocycles. The third kappa shape index (κ3) is 5.42. The lowest BCUT2D eigenvalue weighted by Gasteiger charge is -2.68. The van der Waals surface area contributed by atoms with Gasteiger partial charge in [0.1, 0.15) is 0 Å². The summed E-state index contributed by atoms with van der Waals surface area (Å²) in [4.78, 5) is 0. The molecule has 0 aliphatic heterocycles. The van der Waals surface area contributed by atoms with Gasteiger partial charge in [-0.3, -0.25) is 0 Å². The van der Waals surface area contributed by atoms with E-state index in [4.69, 9.17) is 0 Å². The summed E-state index contributed by atoms with van der Waals surface area (Å²) in [5, 5.41) is 0. The van der Waals surface area contributed by atoms with Crippen LogP contribution in [0.5, 0.6) is 0 Å². The second-order valence-electron chi connectivity index (χ2n) is 15.1. The predicted molar refractivity (Wildman–Crippen MR) is 163 cm³/mol. The Kier molecular flexibility index (Phi) is 9.24. The van der Waals surface area contributed by atoms with Gasteiger partial charge in [0, 0.05) is 0 Å². The third-order valence-electron chi connectivity index (χ3n) is 13.4. The van der Waals surface area contributed by atoms with Crippen molar-refractivity contribution in [1.82, 2.24) is 0 Å². The number of rotatable bonds is 7. The van der Waals surface area contributed by atoms with E-state index in [-0.39, 0.29) is 0 Å². The van der Waals surface area contributed by atoms with Crippen LogP contribution in [0.25, 0.3) is 0 Å². The zero-order valence-electron chi connectivity index (χ0n) is 25.0. The molecule has 0 saturated heterocycles. The van der Waals surface area contributed by atoms with E-state index in [0.717, 1.165) is 29.6 Å². The van der Waals surface area contributed by atoms with E-state index in [1.165, 1.54) is 83.5 Å². The highest BCUT2D eigenvalue weighted by atomic mass is 14.7. The van der Waals surface area contributed by atoms with E-state index in [2.05, 4.69) is 30.3 Å². The number of hydrogen-bond donors (Lipinski definition) is 0. The summed E-state index contributed by atoms with van der Waals surface area (Å²) in [6.07, 6.45) is 38.4. The lowest BCUT2D eigenvalue weighted by molar-refractivity contribution is -0.185. The second-order valence-corrected chi connectivity index (χ2v) is 15.1. The minimum Gasteiger partial charge on any atom is -0.0622 e. The van der Waals surface area contributed by atoms with Gasteiger partial charge in [0.15, 0.2) is 0 Å². The molecule has 5 fully saturated rings. The maximum atomic E-state index is 2.54. The summed E-state index contributed by atoms with van der Waals surface area (Å²) in [6, 6.07) is 12.1. The minimum absolute atomic E-state index is 0.542. The average molecular weight is 517 g/mol. The molecule has 5 saturated carbocycles. The molecule has 0 aromatic heterocycles. The molecule has 0 heterocycles. The van der Waals surface area contributed by atoms with Crippen molar-refractivity contribution >= 4 is 0 Å². The van der Waals surface area contributed by atoms with Crippen LogP contribution in [0.2, 0.25) is 0 Å². The summed E-state index contributed by atoms with van der Waals surface area (Å²) >= 11 is 0. The summed E-state index contributed by atoms with van der Waals surface area (Å²) < 4.78 is 0. The molecule has 1 aromatic rings. The molecule has 6 rings (SSSR count). The van der Waals surface area contributed by atoms with Crippen molar-refractivity contribution in [1.29, 1.82) is 0 Å². The van der Waals surface area contributed by atoms with Crippen molar-refractivity contribution in [3.8, 4) is 0 Å². The van der Waals surface area contributed by atoms with Gasteiger partial charge in [-0.1, -0.05) is 139 Å². The Morgan fingerprint density at radius 2 is 1.05 bits per heavy atom. The molecule has 0 amide bonds. The highest BCUT2D eigenvalue weighted by Crippen LogP contribution is 2.71. The summed E-state index contributed by atoms with van der Waals surface area (Å²) in [7, 11) is 0. The van der Waals surface area contributed by atoms with Crippen molar-refractivity contribution in [2.45, 2.75) is 161 Å². The van der Waals surface area contributed by atoms with E-state index in [9.17, 15) is 0 Å². The van der Waals surface area contributed by atoms with E-state index < -0.39 is 0 Å². The number of hydrogen-bond acceptors (Lipinski definition) is 0. The quantitative estimate of drug-likeness (QED) is 0.338. The molecule has 0 spiro atoms. The van der Waals surface area contributed by atoms with Crippen LogP contribution < -0.4 is 0 Å². The zero-order chi connectivity index (χ0) is 25.7. The van der Waals surface area contributed by atoms with Gasteiger partial charge in [-0.05, 0) is 97.3 Å². The van der Waals surface area contributed by atoms with Crippen molar-refractivity contribution in [3.05, 3.63) is 35.9 Å². The van der Waals surface area contributed by atoms with Gasteiger partial charge < -0.3 is 0 Å². The predicted octanol–water partition coefficient (Wildman–Crippen LogP) is 11.7. The van der Waals surface area contributed by atoms with E-state index in [1.807, 2.05) is 0 Å². The Balaban J connectivity index is 1.52. The van der Waals surface area contributed by atoms with Crippen LogP contribution in [-0.4, -0.2) is 0 Å². The molecule has 0 radical (unpaired) electrons. The molecule has 2 unspecified atom stereocenters. The molecule has 5 aliphatic rings. The fourth-order valence-corrected chi connectivity index (χ4v) is 12.1. The molecule has 0 nitrogen and oxygen atoms in total. The smallest absolute Gasteiger partial charge is 0.0162 e. The van der Waals surface area contributed by atoms with E-state index in [0.29, 0.717) is 10.8 Å². The summed E-state index contributed by atoms with van der Waals surface area (Å²) in [5.41, 5.74) is 2.85. The van der Waals surface area contributed by atoms with Crippen LogP contribution in [0, 0.1) is 40.4 Å². The van der Waals surface area contributed by atoms with Crippen LogP contribution in [0.1, 0.15) is 160 Å². The lowest BCUT2D eigenvalue weighted by atomic mass is 9.37. The third-order valence-corrected chi connectivity index (χ3v) is 13.4. The highest BCUT2D eigenvalue weighted by Gasteiger charge is 2.63. The first-order valence-corrected chi connectivity index (χ1v) is 17.9. The molecule has 0 heteroatoms. The first-order valence-electron chi connectivity index (χ1n) is 17.9. The Labute approximate surface area is 236 Å². The Hall–Kier alpha value is -0.780. The Bertz CT molecular complexity index is 797. The molecule has 2 atom stereocenters. The normalized spacial score (nSPS) is 32.8. The van der Waals surface area contributed by atoms with Crippen molar-refractivity contribution in [2.24, 2.45) is 40.4 Å². The van der Waals surface area contributed by atoms with Gasteiger partial charge in [-0.2, -0.15) is 0 Å². The first kappa shape index (κ1) is 27.4. The monoisotopic (exact) mass is 516 g/mol. The Morgan fingerprint density at radius 1 is 0.526 bits per heavy atom. The van der Waals surface area contributed by atoms with Crippen molar-refractivity contribution in [3.63, 3.8) is 0 Å². The van der Waals surface area contributed by atoms with Crippen LogP contribution >= 0.6 is 0 Å². The van der Waals surface area contributed by atoms with E-state index >= 15 is 0 Å². The molecule has 5 aliphatic carbocycles. The molecular weight excluding hydrogens is 456 g/mol. The van der Waals surface area contributed by atoms with Crippen LogP contribution in [0.4, 0.5) is 0 Å². The van der Waals surface area contributed by atoms with Gasteiger partial charge in [-0.15, -0.1) is 0 Å². The van der Waals surface area contributed by atoms with Gasteiger partial charge in [0.05, 0.1) is 0 Å². The zero-order valence-corrected chi connectivity index (χ0v) is 25.0. The van der Waals surface area contributed by atoms with Crippen LogP contribution in [-0.2, 0) is 6.42 Å². The van der Waals surface area contributed by atoms with Crippen molar-refractivity contribution in [2.75, 3.05) is 0 Å².